The van der Waals surface area contributed by atoms with Gasteiger partial charge < -0.3 is 10.2 Å². The number of unbranched alkanes of at least 4 members (excludes halogenated alkanes) is 12. The molecule has 0 atom stereocenters. The first-order valence-corrected chi connectivity index (χ1v) is 10.1. The van der Waals surface area contributed by atoms with E-state index in [9.17, 15) is 4.79 Å². The second-order valence-electron chi connectivity index (χ2n) is 7.44. The van der Waals surface area contributed by atoms with Gasteiger partial charge in [-0.25, -0.2) is 0 Å². The Bertz CT molecular complexity index is 319. The van der Waals surface area contributed by atoms with Crippen molar-refractivity contribution in [3.63, 3.8) is 0 Å². The van der Waals surface area contributed by atoms with Crippen molar-refractivity contribution in [2.45, 2.75) is 90.4 Å². The van der Waals surface area contributed by atoms with E-state index in [-0.39, 0.29) is 18.3 Å². The monoisotopic (exact) mass is 374 g/mol. The zero-order valence-corrected chi connectivity index (χ0v) is 17.9. The molecular weight excluding hydrogens is 332 g/mol. The van der Waals surface area contributed by atoms with Crippen molar-refractivity contribution in [2.24, 2.45) is 0 Å². The Kier molecular flexibility index (Phi) is 21.1. The van der Waals surface area contributed by atoms with Crippen LogP contribution in [0.2, 0.25) is 0 Å². The summed E-state index contributed by atoms with van der Waals surface area (Å²) in [6.07, 6.45) is 17.6. The first kappa shape index (κ1) is 26.7. The molecule has 0 aliphatic rings. The Hall–Kier alpha value is -0.540. The zero-order valence-electron chi connectivity index (χ0n) is 17.1. The minimum atomic E-state index is -0.00676. The minimum Gasteiger partial charge on any atom is -0.352 e. The van der Waals surface area contributed by atoms with Crippen LogP contribution in [0.25, 0.3) is 0 Å². The number of carbonyl (C=O) groups is 1. The van der Waals surface area contributed by atoms with Crippen molar-refractivity contribution in [1.82, 2.24) is 10.2 Å². The van der Waals surface area contributed by atoms with Crippen molar-refractivity contribution < 1.29 is 4.79 Å². The van der Waals surface area contributed by atoms with Crippen molar-refractivity contribution in [1.29, 1.82) is 0 Å². The summed E-state index contributed by atoms with van der Waals surface area (Å²) < 4.78 is 0. The van der Waals surface area contributed by atoms with Crippen LogP contribution in [0.4, 0.5) is 0 Å². The molecule has 0 saturated carbocycles. The van der Waals surface area contributed by atoms with E-state index in [1.807, 2.05) is 0 Å². The summed E-state index contributed by atoms with van der Waals surface area (Å²) in [7, 11) is 4.31. The maximum atomic E-state index is 11.3. The number of nitrogens with one attached hydrogen (secondary N) is 1. The smallest absolute Gasteiger partial charge is 0.246 e. The summed E-state index contributed by atoms with van der Waals surface area (Å²) in [4.78, 5) is 13.6. The highest BCUT2D eigenvalue weighted by Gasteiger charge is 1.99. The van der Waals surface area contributed by atoms with E-state index in [2.05, 4.69) is 30.9 Å². The lowest BCUT2D eigenvalue weighted by molar-refractivity contribution is -0.117. The molecule has 0 saturated heterocycles. The zero-order chi connectivity index (χ0) is 18.0. The standard InChI is InChI=1S/C21H42N2O.ClH/c1-20(2)21(24)22-18-16-14-12-10-8-6-5-7-9-11-13-15-17-19-23(3)4;/h1,5-19H2,2-4H3,(H,22,24);1H. The van der Waals surface area contributed by atoms with Crippen LogP contribution < -0.4 is 5.32 Å². The lowest BCUT2D eigenvalue weighted by Gasteiger charge is -2.08. The van der Waals surface area contributed by atoms with Crippen molar-refractivity contribution in [2.75, 3.05) is 27.2 Å². The summed E-state index contributed by atoms with van der Waals surface area (Å²) >= 11 is 0. The number of rotatable bonds is 17. The highest BCUT2D eigenvalue weighted by atomic mass is 35.5. The first-order chi connectivity index (χ1) is 11.5. The molecule has 0 heterocycles. The van der Waals surface area contributed by atoms with Crippen LogP contribution in [-0.4, -0.2) is 38.0 Å². The molecule has 4 heteroatoms. The van der Waals surface area contributed by atoms with Crippen LogP contribution in [0, 0.1) is 0 Å². The number of amides is 1. The van der Waals surface area contributed by atoms with Gasteiger partial charge in [-0.15, -0.1) is 12.4 Å². The van der Waals surface area contributed by atoms with Gasteiger partial charge in [-0.2, -0.15) is 0 Å². The molecule has 25 heavy (non-hydrogen) atoms. The fraction of sp³-hybridized carbons (Fsp3) is 0.857. The number of nitrogens with zero attached hydrogens (tertiary/aromatic N) is 1. The Labute approximate surface area is 163 Å². The summed E-state index contributed by atoms with van der Waals surface area (Å²) in [5, 5.41) is 2.89. The molecular formula is C21H43ClN2O. The minimum absolute atomic E-state index is 0. The highest BCUT2D eigenvalue weighted by Crippen LogP contribution is 2.12. The van der Waals surface area contributed by atoms with E-state index in [0.717, 1.165) is 13.0 Å². The maximum Gasteiger partial charge on any atom is 0.246 e. The van der Waals surface area contributed by atoms with Crippen LogP contribution in [-0.2, 0) is 4.79 Å². The van der Waals surface area contributed by atoms with Crippen LogP contribution in [0.3, 0.4) is 0 Å². The maximum absolute atomic E-state index is 11.3. The molecule has 150 valence electrons. The third kappa shape index (κ3) is 21.4. The molecule has 1 N–H and O–H groups in total. The van der Waals surface area contributed by atoms with Crippen molar-refractivity contribution in [3.8, 4) is 0 Å². The quantitative estimate of drug-likeness (QED) is 0.260. The second-order valence-corrected chi connectivity index (χ2v) is 7.44. The molecule has 0 rings (SSSR count). The first-order valence-electron chi connectivity index (χ1n) is 10.1. The summed E-state index contributed by atoms with van der Waals surface area (Å²) in [5.74, 6) is -0.00676. The predicted octanol–water partition coefficient (Wildman–Crippen LogP) is 5.73. The van der Waals surface area contributed by atoms with Gasteiger partial charge in [0.25, 0.3) is 0 Å². The molecule has 0 aromatic heterocycles. The van der Waals surface area contributed by atoms with Gasteiger partial charge in [0, 0.05) is 12.1 Å². The third-order valence-electron chi connectivity index (χ3n) is 4.46. The average Bonchev–Trinajstić information content (AvgIpc) is 2.53. The highest BCUT2D eigenvalue weighted by molar-refractivity contribution is 5.91. The summed E-state index contributed by atoms with van der Waals surface area (Å²) in [5.41, 5.74) is 0.601. The Balaban J connectivity index is 0. The van der Waals surface area contributed by atoms with E-state index < -0.39 is 0 Å². The van der Waals surface area contributed by atoms with E-state index in [4.69, 9.17) is 0 Å². The lowest BCUT2D eigenvalue weighted by atomic mass is 10.0. The molecule has 0 unspecified atom stereocenters. The summed E-state index contributed by atoms with van der Waals surface area (Å²) in [6, 6.07) is 0. The van der Waals surface area contributed by atoms with E-state index in [1.54, 1.807) is 6.92 Å². The molecule has 0 spiro atoms. The topological polar surface area (TPSA) is 32.3 Å². The average molecular weight is 375 g/mol. The molecule has 1 amide bonds. The van der Waals surface area contributed by atoms with Crippen LogP contribution in [0.15, 0.2) is 12.2 Å². The Morgan fingerprint density at radius 2 is 1.12 bits per heavy atom. The number of carbonyl (C=O) groups excluding carboxylic acids is 1. The summed E-state index contributed by atoms with van der Waals surface area (Å²) in [6.45, 7) is 7.41. The van der Waals surface area contributed by atoms with Gasteiger partial charge in [-0.1, -0.05) is 77.2 Å². The molecule has 0 bridgehead atoms. The molecule has 0 radical (unpaired) electrons. The van der Waals surface area contributed by atoms with Gasteiger partial charge in [0.2, 0.25) is 5.91 Å². The fourth-order valence-electron chi connectivity index (χ4n) is 2.85. The molecule has 0 fully saturated rings. The van der Waals surface area contributed by atoms with Gasteiger partial charge in [-0.05, 0) is 40.4 Å². The largest absolute Gasteiger partial charge is 0.352 e. The third-order valence-corrected chi connectivity index (χ3v) is 4.46. The van der Waals surface area contributed by atoms with E-state index >= 15 is 0 Å². The van der Waals surface area contributed by atoms with Crippen molar-refractivity contribution >= 4 is 18.3 Å². The molecule has 0 aromatic rings. The SMILES string of the molecule is C=C(C)C(=O)NCCCCCCCCCCCCCCCN(C)C.Cl. The molecule has 0 aliphatic carbocycles. The normalized spacial score (nSPS) is 10.6. The van der Waals surface area contributed by atoms with Gasteiger partial charge >= 0.3 is 0 Å². The Morgan fingerprint density at radius 1 is 0.760 bits per heavy atom. The molecule has 0 aliphatic heterocycles. The van der Waals surface area contributed by atoms with Crippen LogP contribution in [0.1, 0.15) is 90.4 Å². The predicted molar refractivity (Wildman–Crippen MR) is 114 cm³/mol. The second kappa shape index (κ2) is 19.8. The molecule has 3 nitrogen and oxygen atoms in total. The number of halogens is 1. The van der Waals surface area contributed by atoms with Crippen molar-refractivity contribution in [3.05, 3.63) is 12.2 Å². The van der Waals surface area contributed by atoms with Crippen LogP contribution >= 0.6 is 12.4 Å². The number of hydrogen-bond acceptors (Lipinski definition) is 2. The van der Waals surface area contributed by atoms with Gasteiger partial charge in [0.05, 0.1) is 0 Å². The van der Waals surface area contributed by atoms with Gasteiger partial charge in [0.15, 0.2) is 0 Å². The van der Waals surface area contributed by atoms with E-state index in [0.29, 0.717) is 5.57 Å². The van der Waals surface area contributed by atoms with Gasteiger partial charge in [0.1, 0.15) is 0 Å². The van der Waals surface area contributed by atoms with Gasteiger partial charge in [-0.3, -0.25) is 4.79 Å². The molecule has 0 aromatic carbocycles. The van der Waals surface area contributed by atoms with Crippen LogP contribution in [0.5, 0.6) is 0 Å². The van der Waals surface area contributed by atoms with E-state index in [1.165, 1.54) is 83.6 Å². The Morgan fingerprint density at radius 3 is 1.48 bits per heavy atom. The number of hydrogen-bond donors (Lipinski definition) is 1. The fourth-order valence-corrected chi connectivity index (χ4v) is 2.85. The lowest BCUT2D eigenvalue weighted by Crippen LogP contribution is -2.24.